The van der Waals surface area contributed by atoms with Gasteiger partial charge in [-0.2, -0.15) is 5.26 Å². The van der Waals surface area contributed by atoms with E-state index < -0.39 is 0 Å². The first-order chi connectivity index (χ1) is 15.9. The van der Waals surface area contributed by atoms with Crippen LogP contribution in [0.1, 0.15) is 43.0 Å². The highest BCUT2D eigenvalue weighted by Crippen LogP contribution is 2.38. The van der Waals surface area contributed by atoms with Gasteiger partial charge >= 0.3 is 0 Å². The summed E-state index contributed by atoms with van der Waals surface area (Å²) in [5.41, 5.74) is 1.86. The molecule has 0 N–H and O–H groups in total. The fourth-order valence-corrected chi connectivity index (χ4v) is 5.04. The molecule has 0 unspecified atom stereocenters. The van der Waals surface area contributed by atoms with Crippen molar-refractivity contribution in [2.24, 2.45) is 11.3 Å². The van der Waals surface area contributed by atoms with E-state index in [1.165, 1.54) is 0 Å². The number of benzene rings is 1. The van der Waals surface area contributed by atoms with Gasteiger partial charge in [0, 0.05) is 61.8 Å². The second-order valence-corrected chi connectivity index (χ2v) is 10.2. The van der Waals surface area contributed by atoms with Crippen molar-refractivity contribution < 1.29 is 9.59 Å². The number of piperazine rings is 1. The summed E-state index contributed by atoms with van der Waals surface area (Å²) < 4.78 is 0. The summed E-state index contributed by atoms with van der Waals surface area (Å²) in [6.07, 6.45) is 5.14. The molecule has 1 aromatic heterocycles. The number of pyridine rings is 1. The van der Waals surface area contributed by atoms with E-state index in [0.29, 0.717) is 49.9 Å². The molecular weight excluding hydrogens is 438 g/mol. The van der Waals surface area contributed by atoms with Gasteiger partial charge in [0.15, 0.2) is 0 Å². The lowest BCUT2D eigenvalue weighted by Gasteiger charge is -2.39. The number of nitrogens with zero attached hydrogens (tertiary/aromatic N) is 5. The van der Waals surface area contributed by atoms with Crippen LogP contribution in [0, 0.1) is 22.7 Å². The molecule has 3 fully saturated rings. The van der Waals surface area contributed by atoms with E-state index in [-0.39, 0.29) is 23.1 Å². The number of hydrogen-bond donors (Lipinski definition) is 0. The number of halogens is 1. The highest BCUT2D eigenvalue weighted by molar-refractivity contribution is 6.31. The summed E-state index contributed by atoms with van der Waals surface area (Å²) in [4.78, 5) is 36.6. The molecule has 1 aromatic carbocycles. The first kappa shape index (κ1) is 22.0. The van der Waals surface area contributed by atoms with E-state index in [9.17, 15) is 14.9 Å². The predicted octanol–water partition coefficient (Wildman–Crippen LogP) is 3.71. The fourth-order valence-electron chi connectivity index (χ4n) is 4.87. The van der Waals surface area contributed by atoms with Crippen LogP contribution in [-0.4, -0.2) is 65.9 Å². The van der Waals surface area contributed by atoms with Crippen molar-refractivity contribution in [1.82, 2.24) is 14.8 Å². The maximum atomic E-state index is 13.7. The number of anilines is 1. The van der Waals surface area contributed by atoms with Crippen molar-refractivity contribution >= 4 is 40.0 Å². The zero-order valence-electron chi connectivity index (χ0n) is 18.9. The van der Waals surface area contributed by atoms with Crippen molar-refractivity contribution in [1.29, 1.82) is 5.26 Å². The van der Waals surface area contributed by atoms with E-state index in [4.69, 9.17) is 11.6 Å². The molecule has 0 radical (unpaired) electrons. The topological polar surface area (TPSA) is 80.5 Å². The standard InChI is InChI=1S/C25H28ClN5O2/c1-25(16-27)6-8-29(9-7-25)22-19-14-18(26)4-5-21(19)28-15-20(22)24(33)31-12-10-30(11-13-31)23(32)17-2-3-17/h4-5,14-15,17H,2-3,6-13H2,1H3. The molecule has 2 saturated heterocycles. The summed E-state index contributed by atoms with van der Waals surface area (Å²) in [6.45, 7) is 5.59. The summed E-state index contributed by atoms with van der Waals surface area (Å²) in [5, 5.41) is 11.0. The van der Waals surface area contributed by atoms with E-state index >= 15 is 0 Å². The predicted molar refractivity (Wildman–Crippen MR) is 127 cm³/mol. The zero-order valence-corrected chi connectivity index (χ0v) is 19.6. The zero-order chi connectivity index (χ0) is 23.2. The number of fused-ring (bicyclic) bond motifs is 1. The van der Waals surface area contributed by atoms with Gasteiger partial charge in [-0.15, -0.1) is 0 Å². The Labute approximate surface area is 198 Å². The summed E-state index contributed by atoms with van der Waals surface area (Å²) in [7, 11) is 0. The molecule has 0 bridgehead atoms. The molecule has 0 spiro atoms. The molecule has 3 heterocycles. The number of carbonyl (C=O) groups excluding carboxylic acids is 2. The molecule has 5 rings (SSSR count). The number of hydrogen-bond acceptors (Lipinski definition) is 5. The highest BCUT2D eigenvalue weighted by atomic mass is 35.5. The van der Waals surface area contributed by atoms with Gasteiger partial charge in [0.1, 0.15) is 0 Å². The first-order valence-electron chi connectivity index (χ1n) is 11.7. The third-order valence-corrected chi connectivity index (χ3v) is 7.53. The van der Waals surface area contributed by atoms with E-state index in [2.05, 4.69) is 16.0 Å². The SMILES string of the molecule is CC1(C#N)CCN(c2c(C(=O)N3CCN(C(=O)C4CC4)CC3)cnc3ccc(Cl)cc23)CC1. The average Bonchev–Trinajstić information content (AvgIpc) is 3.69. The van der Waals surface area contributed by atoms with Crippen molar-refractivity contribution in [3.63, 3.8) is 0 Å². The Morgan fingerprint density at radius 2 is 1.76 bits per heavy atom. The Hall–Kier alpha value is -2.85. The Bertz CT molecular complexity index is 1140. The summed E-state index contributed by atoms with van der Waals surface area (Å²) >= 11 is 6.33. The van der Waals surface area contributed by atoms with Gasteiger partial charge in [0.25, 0.3) is 5.91 Å². The molecule has 1 saturated carbocycles. The average molecular weight is 466 g/mol. The molecule has 8 heteroatoms. The summed E-state index contributed by atoms with van der Waals surface area (Å²) in [6, 6.07) is 8.00. The maximum absolute atomic E-state index is 13.7. The minimum absolute atomic E-state index is 0.0634. The van der Waals surface area contributed by atoms with Crippen LogP contribution in [0.25, 0.3) is 10.9 Å². The minimum atomic E-state index is -0.342. The monoisotopic (exact) mass is 465 g/mol. The minimum Gasteiger partial charge on any atom is -0.370 e. The second-order valence-electron chi connectivity index (χ2n) is 9.73. The molecule has 1 aliphatic carbocycles. The number of aromatic nitrogens is 1. The third-order valence-electron chi connectivity index (χ3n) is 7.29. The van der Waals surface area contributed by atoms with Crippen LogP contribution in [0.4, 0.5) is 5.69 Å². The number of carbonyl (C=O) groups is 2. The lowest BCUT2D eigenvalue weighted by Crippen LogP contribution is -2.51. The first-order valence-corrected chi connectivity index (χ1v) is 12.1. The molecule has 2 aromatic rings. The van der Waals surface area contributed by atoms with Gasteiger partial charge in [-0.05, 0) is 50.8 Å². The smallest absolute Gasteiger partial charge is 0.257 e. The van der Waals surface area contributed by atoms with E-state index in [0.717, 1.165) is 42.3 Å². The Balaban J connectivity index is 1.44. The Morgan fingerprint density at radius 3 is 2.39 bits per heavy atom. The molecule has 33 heavy (non-hydrogen) atoms. The van der Waals surface area contributed by atoms with Crippen LogP contribution >= 0.6 is 11.6 Å². The van der Waals surface area contributed by atoms with Crippen molar-refractivity contribution in [3.8, 4) is 6.07 Å². The fraction of sp³-hybridized carbons (Fsp3) is 0.520. The normalized spacial score (nSPS) is 20.6. The second kappa shape index (κ2) is 8.49. The number of nitriles is 1. The number of rotatable bonds is 3. The lowest BCUT2D eigenvalue weighted by atomic mass is 9.81. The van der Waals surface area contributed by atoms with Gasteiger partial charge in [-0.1, -0.05) is 11.6 Å². The van der Waals surface area contributed by atoms with Gasteiger partial charge in [-0.3, -0.25) is 14.6 Å². The number of piperidine rings is 1. The van der Waals surface area contributed by atoms with Crippen LogP contribution in [0.3, 0.4) is 0 Å². The van der Waals surface area contributed by atoms with Crippen molar-refractivity contribution in [2.45, 2.75) is 32.6 Å². The Morgan fingerprint density at radius 1 is 1.09 bits per heavy atom. The third kappa shape index (κ3) is 4.24. The van der Waals surface area contributed by atoms with Crippen molar-refractivity contribution in [2.75, 3.05) is 44.2 Å². The Kier molecular flexibility index (Phi) is 5.65. The quantitative estimate of drug-likeness (QED) is 0.690. The molecular formula is C25H28ClN5O2. The molecule has 2 aliphatic heterocycles. The molecule has 3 aliphatic rings. The molecule has 172 valence electrons. The van der Waals surface area contributed by atoms with Gasteiger partial charge in [0.2, 0.25) is 5.91 Å². The summed E-state index contributed by atoms with van der Waals surface area (Å²) in [5.74, 6) is 0.372. The highest BCUT2D eigenvalue weighted by Gasteiger charge is 2.36. The largest absolute Gasteiger partial charge is 0.370 e. The van der Waals surface area contributed by atoms with Crippen LogP contribution in [0.2, 0.25) is 5.02 Å². The van der Waals surface area contributed by atoms with E-state index in [1.54, 1.807) is 12.3 Å². The lowest BCUT2D eigenvalue weighted by molar-refractivity contribution is -0.134. The molecule has 2 amide bonds. The van der Waals surface area contributed by atoms with Crippen LogP contribution < -0.4 is 4.90 Å². The van der Waals surface area contributed by atoms with Gasteiger partial charge < -0.3 is 14.7 Å². The van der Waals surface area contributed by atoms with E-state index in [1.807, 2.05) is 28.9 Å². The van der Waals surface area contributed by atoms with Crippen LogP contribution in [0.15, 0.2) is 24.4 Å². The van der Waals surface area contributed by atoms with Gasteiger partial charge in [0.05, 0.1) is 28.3 Å². The van der Waals surface area contributed by atoms with Gasteiger partial charge in [-0.25, -0.2) is 0 Å². The molecule has 0 atom stereocenters. The van der Waals surface area contributed by atoms with Crippen LogP contribution in [0.5, 0.6) is 0 Å². The van der Waals surface area contributed by atoms with Crippen LogP contribution in [-0.2, 0) is 4.79 Å². The van der Waals surface area contributed by atoms with Crippen molar-refractivity contribution in [3.05, 3.63) is 35.0 Å². The number of amides is 2. The molecule has 7 nitrogen and oxygen atoms in total. The maximum Gasteiger partial charge on any atom is 0.257 e.